The van der Waals surface area contributed by atoms with E-state index in [2.05, 4.69) is 26.2 Å². The van der Waals surface area contributed by atoms with Gasteiger partial charge in [0, 0.05) is 17.1 Å². The Kier molecular flexibility index (Phi) is 3.47. The van der Waals surface area contributed by atoms with Crippen molar-refractivity contribution in [2.24, 2.45) is 0 Å². The zero-order valence-electron chi connectivity index (χ0n) is 10.7. The minimum Gasteiger partial charge on any atom is -0.399 e. The van der Waals surface area contributed by atoms with Crippen molar-refractivity contribution in [1.82, 2.24) is 4.98 Å². The third-order valence-corrected chi connectivity index (χ3v) is 3.59. The SMILES string of the molecule is Nc1ccc2nc(Nc3cc(Br)c(F)cc3F)ccc2c1. The summed E-state index contributed by atoms with van der Waals surface area (Å²) in [6.45, 7) is 0. The number of hydrogen-bond acceptors (Lipinski definition) is 3. The molecule has 0 atom stereocenters. The predicted octanol–water partition coefficient (Wildman–Crippen LogP) is 4.60. The van der Waals surface area contributed by atoms with Crippen LogP contribution in [0.15, 0.2) is 46.9 Å². The Labute approximate surface area is 127 Å². The minimum absolute atomic E-state index is 0.144. The Morgan fingerprint density at radius 3 is 2.62 bits per heavy atom. The quantitative estimate of drug-likeness (QED) is 0.525. The highest BCUT2D eigenvalue weighted by Crippen LogP contribution is 2.27. The summed E-state index contributed by atoms with van der Waals surface area (Å²) in [4.78, 5) is 4.36. The summed E-state index contributed by atoms with van der Waals surface area (Å²) in [5.74, 6) is -0.875. The number of nitrogen functional groups attached to an aromatic ring is 1. The first-order valence-electron chi connectivity index (χ1n) is 6.11. The minimum atomic E-state index is -0.685. The first-order chi connectivity index (χ1) is 10.0. The summed E-state index contributed by atoms with van der Waals surface area (Å²) in [7, 11) is 0. The van der Waals surface area contributed by atoms with E-state index in [1.165, 1.54) is 6.07 Å². The highest BCUT2D eigenvalue weighted by atomic mass is 79.9. The van der Waals surface area contributed by atoms with Gasteiger partial charge in [-0.2, -0.15) is 0 Å². The van der Waals surface area contributed by atoms with Crippen LogP contribution in [-0.4, -0.2) is 4.98 Å². The highest BCUT2D eigenvalue weighted by molar-refractivity contribution is 9.10. The van der Waals surface area contributed by atoms with Crippen LogP contribution in [-0.2, 0) is 0 Å². The number of anilines is 3. The fourth-order valence-corrected chi connectivity index (χ4v) is 2.31. The topological polar surface area (TPSA) is 50.9 Å². The molecule has 0 saturated carbocycles. The summed E-state index contributed by atoms with van der Waals surface area (Å²) < 4.78 is 27.1. The van der Waals surface area contributed by atoms with E-state index in [0.29, 0.717) is 11.5 Å². The Bertz CT molecular complexity index is 837. The summed E-state index contributed by atoms with van der Waals surface area (Å²) in [5, 5.41) is 3.72. The molecule has 0 fully saturated rings. The molecule has 0 aliphatic heterocycles. The lowest BCUT2D eigenvalue weighted by molar-refractivity contribution is 0.581. The largest absolute Gasteiger partial charge is 0.399 e. The lowest BCUT2D eigenvalue weighted by Crippen LogP contribution is -1.98. The highest BCUT2D eigenvalue weighted by Gasteiger charge is 2.09. The molecule has 3 aromatic rings. The molecule has 21 heavy (non-hydrogen) atoms. The summed E-state index contributed by atoms with van der Waals surface area (Å²) in [6.07, 6.45) is 0. The molecule has 1 heterocycles. The van der Waals surface area contributed by atoms with Crippen molar-refractivity contribution >= 4 is 44.0 Å². The van der Waals surface area contributed by atoms with Gasteiger partial charge in [-0.3, -0.25) is 0 Å². The van der Waals surface area contributed by atoms with Gasteiger partial charge in [0.25, 0.3) is 0 Å². The molecule has 6 heteroatoms. The zero-order chi connectivity index (χ0) is 15.0. The molecule has 3 nitrogen and oxygen atoms in total. The summed E-state index contributed by atoms with van der Waals surface area (Å²) >= 11 is 3.03. The number of benzene rings is 2. The Balaban J connectivity index is 1.98. The fourth-order valence-electron chi connectivity index (χ4n) is 1.97. The van der Waals surface area contributed by atoms with Crippen LogP contribution in [0.5, 0.6) is 0 Å². The maximum atomic E-state index is 13.7. The van der Waals surface area contributed by atoms with Gasteiger partial charge in [-0.05, 0) is 52.3 Å². The van der Waals surface area contributed by atoms with Gasteiger partial charge in [0.2, 0.25) is 0 Å². The van der Waals surface area contributed by atoms with Gasteiger partial charge in [0.05, 0.1) is 15.7 Å². The first kappa shape index (κ1) is 13.8. The number of pyridine rings is 1. The smallest absolute Gasteiger partial charge is 0.149 e. The van der Waals surface area contributed by atoms with Gasteiger partial charge >= 0.3 is 0 Å². The fraction of sp³-hybridized carbons (Fsp3) is 0. The number of hydrogen-bond donors (Lipinski definition) is 2. The van der Waals surface area contributed by atoms with E-state index in [9.17, 15) is 8.78 Å². The van der Waals surface area contributed by atoms with Crippen LogP contribution in [0, 0.1) is 11.6 Å². The van der Waals surface area contributed by atoms with E-state index >= 15 is 0 Å². The van der Waals surface area contributed by atoms with Gasteiger partial charge in [0.15, 0.2) is 0 Å². The maximum absolute atomic E-state index is 13.7. The van der Waals surface area contributed by atoms with Crippen LogP contribution < -0.4 is 11.1 Å². The van der Waals surface area contributed by atoms with E-state index in [0.717, 1.165) is 17.0 Å². The van der Waals surface area contributed by atoms with Crippen LogP contribution in [0.2, 0.25) is 0 Å². The van der Waals surface area contributed by atoms with Crippen LogP contribution in [0.4, 0.5) is 26.0 Å². The van der Waals surface area contributed by atoms with E-state index in [-0.39, 0.29) is 10.2 Å². The van der Waals surface area contributed by atoms with Gasteiger partial charge in [-0.25, -0.2) is 13.8 Å². The molecule has 0 aliphatic rings. The van der Waals surface area contributed by atoms with Crippen LogP contribution in [0.1, 0.15) is 0 Å². The molecule has 2 aromatic carbocycles. The predicted molar refractivity (Wildman–Crippen MR) is 83.5 cm³/mol. The van der Waals surface area contributed by atoms with Crippen molar-refractivity contribution in [3.63, 3.8) is 0 Å². The number of aromatic nitrogens is 1. The monoisotopic (exact) mass is 349 g/mol. The van der Waals surface area contributed by atoms with Crippen molar-refractivity contribution in [3.8, 4) is 0 Å². The van der Waals surface area contributed by atoms with E-state index in [4.69, 9.17) is 5.73 Å². The molecule has 106 valence electrons. The zero-order valence-corrected chi connectivity index (χ0v) is 12.3. The standard InChI is InChI=1S/C15H10BrF2N3/c16-10-6-14(12(18)7-11(10)17)21-15-4-1-8-5-9(19)2-3-13(8)20-15/h1-7H,19H2,(H,20,21). The molecule has 0 amide bonds. The van der Waals surface area contributed by atoms with Gasteiger partial charge in [-0.15, -0.1) is 0 Å². The number of halogens is 3. The molecule has 0 saturated heterocycles. The third-order valence-electron chi connectivity index (χ3n) is 2.99. The maximum Gasteiger partial charge on any atom is 0.149 e. The van der Waals surface area contributed by atoms with Crippen LogP contribution in [0.3, 0.4) is 0 Å². The second-order valence-electron chi connectivity index (χ2n) is 4.52. The van der Waals surface area contributed by atoms with Crippen molar-refractivity contribution in [2.75, 3.05) is 11.1 Å². The number of nitrogens with two attached hydrogens (primary N) is 1. The number of nitrogens with one attached hydrogen (secondary N) is 1. The molecule has 0 aliphatic carbocycles. The van der Waals surface area contributed by atoms with Gasteiger partial charge in [-0.1, -0.05) is 0 Å². The number of nitrogens with zero attached hydrogens (tertiary/aromatic N) is 1. The van der Waals surface area contributed by atoms with Crippen LogP contribution >= 0.6 is 15.9 Å². The van der Waals surface area contributed by atoms with Crippen molar-refractivity contribution < 1.29 is 8.78 Å². The average Bonchev–Trinajstić information content (AvgIpc) is 2.45. The molecule has 0 spiro atoms. The summed E-state index contributed by atoms with van der Waals surface area (Å²) in [5.41, 5.74) is 7.23. The Hall–Kier alpha value is -2.21. The Morgan fingerprint density at radius 1 is 1.00 bits per heavy atom. The lowest BCUT2D eigenvalue weighted by Gasteiger charge is -2.09. The number of rotatable bonds is 2. The lowest BCUT2D eigenvalue weighted by atomic mass is 10.2. The van der Waals surface area contributed by atoms with Gasteiger partial charge in [0.1, 0.15) is 17.5 Å². The van der Waals surface area contributed by atoms with E-state index < -0.39 is 11.6 Å². The number of fused-ring (bicyclic) bond motifs is 1. The van der Waals surface area contributed by atoms with Gasteiger partial charge < -0.3 is 11.1 Å². The molecule has 0 bridgehead atoms. The average molecular weight is 350 g/mol. The van der Waals surface area contributed by atoms with E-state index in [1.54, 1.807) is 24.3 Å². The molecular weight excluding hydrogens is 340 g/mol. The summed E-state index contributed by atoms with van der Waals surface area (Å²) in [6, 6.07) is 11.0. The van der Waals surface area contributed by atoms with Crippen LogP contribution in [0.25, 0.3) is 10.9 Å². The molecular formula is C15H10BrF2N3. The van der Waals surface area contributed by atoms with Crippen molar-refractivity contribution in [1.29, 1.82) is 0 Å². The Morgan fingerprint density at radius 2 is 1.81 bits per heavy atom. The molecule has 0 unspecified atom stereocenters. The molecule has 3 N–H and O–H groups in total. The van der Waals surface area contributed by atoms with E-state index in [1.807, 2.05) is 6.07 Å². The van der Waals surface area contributed by atoms with Crippen molar-refractivity contribution in [3.05, 3.63) is 58.6 Å². The third kappa shape index (κ3) is 2.80. The normalized spacial score (nSPS) is 10.8. The first-order valence-corrected chi connectivity index (χ1v) is 6.90. The molecule has 1 aromatic heterocycles. The molecule has 3 rings (SSSR count). The van der Waals surface area contributed by atoms with Crippen molar-refractivity contribution in [2.45, 2.75) is 0 Å². The second kappa shape index (κ2) is 5.29. The molecule has 0 radical (unpaired) electrons. The second-order valence-corrected chi connectivity index (χ2v) is 5.37.